The topological polar surface area (TPSA) is 75.7 Å². The van der Waals surface area contributed by atoms with Gasteiger partial charge < -0.3 is 28.4 Å². The molecule has 45 heavy (non-hydrogen) atoms. The van der Waals surface area contributed by atoms with Gasteiger partial charge in [0.25, 0.3) is 0 Å². The lowest BCUT2D eigenvalue weighted by molar-refractivity contribution is -0.253. The van der Waals surface area contributed by atoms with Crippen LogP contribution in [0.15, 0.2) is 0 Å². The van der Waals surface area contributed by atoms with Crippen molar-refractivity contribution in [2.24, 2.45) is 45.3 Å². The van der Waals surface area contributed by atoms with Gasteiger partial charge in [-0.2, -0.15) is 0 Å². The summed E-state index contributed by atoms with van der Waals surface area (Å²) < 4.78 is 37.4. The van der Waals surface area contributed by atoms with Crippen LogP contribution < -0.4 is 0 Å². The summed E-state index contributed by atoms with van der Waals surface area (Å²) in [6.45, 7) is 16.1. The quantitative estimate of drug-likeness (QED) is 0.386. The molecule has 4 aliphatic heterocycles. The number of morpholine rings is 1. The predicted molar refractivity (Wildman–Crippen MR) is 166 cm³/mol. The summed E-state index contributed by atoms with van der Waals surface area (Å²) in [4.78, 5) is 14.5. The Kier molecular flexibility index (Phi) is 6.82. The van der Waals surface area contributed by atoms with E-state index in [1.807, 2.05) is 13.8 Å². The second kappa shape index (κ2) is 10.1. The molecule has 5 aliphatic carbocycles. The van der Waals surface area contributed by atoms with Crippen molar-refractivity contribution in [2.45, 2.75) is 141 Å². The smallest absolute Gasteiger partial charge is 0.332 e. The standard InChI is InChI=1S/C37H57NO7/c1-33(2)28-9-7-23-25-16-27-24(6-8-26(43-27)32-34(3,4)45-30(39)20-42-32)35(25,5)12-13-36(23)21-37(28,36)11-10-29(33)44-31-17-38(14-15-41-31)22-18-40-19-22/h22-29,31-32H,6-21H2,1-5H3/t23?,24?,25?,26?,27?,28?,29-,31?,32-,35?,36-,37+/m0/s1. The van der Waals surface area contributed by atoms with Crippen LogP contribution >= 0.6 is 0 Å². The molecule has 0 N–H and O–H groups in total. The zero-order valence-corrected chi connectivity index (χ0v) is 28.4. The number of cyclic esters (lactones) is 1. The Bertz CT molecular complexity index is 1200. The molecule has 0 aromatic heterocycles. The van der Waals surface area contributed by atoms with Crippen molar-refractivity contribution in [3.63, 3.8) is 0 Å². The summed E-state index contributed by atoms with van der Waals surface area (Å²) in [5.74, 6) is 2.70. The van der Waals surface area contributed by atoms with Crippen LogP contribution in [0.25, 0.3) is 0 Å². The monoisotopic (exact) mass is 627 g/mol. The summed E-state index contributed by atoms with van der Waals surface area (Å²) in [5, 5.41) is 0. The maximum absolute atomic E-state index is 12.0. The molecular weight excluding hydrogens is 570 g/mol. The third-order valence-electron chi connectivity index (χ3n) is 15.9. The van der Waals surface area contributed by atoms with Gasteiger partial charge in [0, 0.05) is 6.54 Å². The molecule has 5 saturated carbocycles. The Hall–Kier alpha value is -0.770. The summed E-state index contributed by atoms with van der Waals surface area (Å²) in [5.41, 5.74) is 0.928. The minimum Gasteiger partial charge on any atom is -0.455 e. The molecule has 252 valence electrons. The summed E-state index contributed by atoms with van der Waals surface area (Å²) in [7, 11) is 0. The molecule has 9 rings (SSSR count). The second-order valence-corrected chi connectivity index (χ2v) is 18.3. The number of hydrogen-bond acceptors (Lipinski definition) is 8. The van der Waals surface area contributed by atoms with Gasteiger partial charge in [-0.3, -0.25) is 4.90 Å². The minimum absolute atomic E-state index is 0.00780. The van der Waals surface area contributed by atoms with Crippen molar-refractivity contribution in [3.8, 4) is 0 Å². The van der Waals surface area contributed by atoms with Crippen molar-refractivity contribution >= 4 is 5.97 Å². The number of ether oxygens (including phenoxy) is 6. The molecule has 0 bridgehead atoms. The molecule has 4 saturated heterocycles. The van der Waals surface area contributed by atoms with Crippen molar-refractivity contribution in [2.75, 3.05) is 39.5 Å². The van der Waals surface area contributed by atoms with Crippen LogP contribution in [0, 0.1) is 45.3 Å². The van der Waals surface area contributed by atoms with Gasteiger partial charge in [-0.05, 0) is 123 Å². The van der Waals surface area contributed by atoms with Crippen LogP contribution in [0.2, 0.25) is 0 Å². The van der Waals surface area contributed by atoms with E-state index in [2.05, 4.69) is 25.7 Å². The number of esters is 1. The molecule has 9 fully saturated rings. The van der Waals surface area contributed by atoms with Crippen molar-refractivity contribution in [1.82, 2.24) is 4.90 Å². The third kappa shape index (κ3) is 4.27. The second-order valence-electron chi connectivity index (χ2n) is 18.3. The summed E-state index contributed by atoms with van der Waals surface area (Å²) in [6, 6.07) is 0.545. The number of carbonyl (C=O) groups is 1. The van der Waals surface area contributed by atoms with Gasteiger partial charge in [0.05, 0.1) is 50.7 Å². The van der Waals surface area contributed by atoms with E-state index in [0.717, 1.165) is 57.1 Å². The highest BCUT2D eigenvalue weighted by Crippen LogP contribution is 2.87. The Morgan fingerprint density at radius 1 is 0.844 bits per heavy atom. The van der Waals surface area contributed by atoms with Crippen molar-refractivity contribution < 1.29 is 33.2 Å². The average Bonchev–Trinajstić information content (AvgIpc) is 3.53. The van der Waals surface area contributed by atoms with E-state index in [0.29, 0.717) is 34.3 Å². The van der Waals surface area contributed by atoms with Crippen molar-refractivity contribution in [1.29, 1.82) is 0 Å². The van der Waals surface area contributed by atoms with Gasteiger partial charge in [-0.15, -0.1) is 0 Å². The first-order chi connectivity index (χ1) is 21.5. The molecule has 2 spiro atoms. The average molecular weight is 628 g/mol. The van der Waals surface area contributed by atoms with E-state index in [4.69, 9.17) is 28.4 Å². The number of rotatable bonds is 4. The molecule has 0 amide bonds. The van der Waals surface area contributed by atoms with E-state index in [-0.39, 0.29) is 42.6 Å². The predicted octanol–water partition coefficient (Wildman–Crippen LogP) is 5.36. The first-order valence-electron chi connectivity index (χ1n) is 18.5. The first-order valence-corrected chi connectivity index (χ1v) is 18.5. The van der Waals surface area contributed by atoms with E-state index < -0.39 is 5.60 Å². The van der Waals surface area contributed by atoms with Crippen LogP contribution in [0.4, 0.5) is 0 Å². The Labute approximate surface area is 269 Å². The number of hydrogen-bond donors (Lipinski definition) is 0. The SMILES string of the molecule is CC12CC[C@@]34C[C@@]35CC[C@H](OC3CN(C6COC6)CCO3)C(C)(C)C5CCC4C1CC1OC([C@@H]3OCC(=O)OC3(C)C)CCC12. The molecule has 0 aromatic rings. The summed E-state index contributed by atoms with van der Waals surface area (Å²) >= 11 is 0. The molecular formula is C37H57NO7. The lowest BCUT2D eigenvalue weighted by atomic mass is 9.46. The molecule has 12 atom stereocenters. The largest absolute Gasteiger partial charge is 0.455 e. The fourth-order valence-corrected chi connectivity index (χ4v) is 13.7. The zero-order chi connectivity index (χ0) is 31.0. The maximum Gasteiger partial charge on any atom is 0.332 e. The van der Waals surface area contributed by atoms with Crippen molar-refractivity contribution in [3.05, 3.63) is 0 Å². The molecule has 9 aliphatic rings. The lowest BCUT2D eigenvalue weighted by Crippen LogP contribution is -2.58. The van der Waals surface area contributed by atoms with Crippen LogP contribution in [-0.4, -0.2) is 92.7 Å². The molecule has 8 nitrogen and oxygen atoms in total. The van der Waals surface area contributed by atoms with Gasteiger partial charge in [0.1, 0.15) is 18.3 Å². The normalized spacial score (nSPS) is 53.5. The molecule has 0 radical (unpaired) electrons. The van der Waals surface area contributed by atoms with Crippen LogP contribution in [0.3, 0.4) is 0 Å². The molecule has 0 aromatic carbocycles. The molecule has 8 heteroatoms. The zero-order valence-electron chi connectivity index (χ0n) is 28.4. The Morgan fingerprint density at radius 3 is 2.44 bits per heavy atom. The highest BCUT2D eigenvalue weighted by atomic mass is 16.7. The number of carbonyl (C=O) groups excluding carboxylic acids is 1. The van der Waals surface area contributed by atoms with Gasteiger partial charge in [0.2, 0.25) is 0 Å². The highest BCUT2D eigenvalue weighted by Gasteiger charge is 2.80. The van der Waals surface area contributed by atoms with E-state index in [9.17, 15) is 4.79 Å². The Morgan fingerprint density at radius 2 is 1.67 bits per heavy atom. The Balaban J connectivity index is 0.896. The van der Waals surface area contributed by atoms with E-state index in [1.165, 1.54) is 57.8 Å². The summed E-state index contributed by atoms with van der Waals surface area (Å²) in [6.07, 6.45) is 13.1. The number of fused-ring (bicyclic) bond motifs is 4. The molecule has 4 heterocycles. The fraction of sp³-hybridized carbons (Fsp3) is 0.973. The van der Waals surface area contributed by atoms with E-state index in [1.54, 1.807) is 0 Å². The first kappa shape index (κ1) is 30.3. The van der Waals surface area contributed by atoms with E-state index >= 15 is 0 Å². The van der Waals surface area contributed by atoms with Gasteiger partial charge in [-0.1, -0.05) is 20.8 Å². The minimum atomic E-state index is -0.645. The van der Waals surface area contributed by atoms with Gasteiger partial charge in [-0.25, -0.2) is 4.79 Å². The van der Waals surface area contributed by atoms with Gasteiger partial charge in [0.15, 0.2) is 6.29 Å². The lowest BCUT2D eigenvalue weighted by Gasteiger charge is -2.60. The van der Waals surface area contributed by atoms with Crippen LogP contribution in [0.5, 0.6) is 0 Å². The van der Waals surface area contributed by atoms with Gasteiger partial charge >= 0.3 is 5.97 Å². The van der Waals surface area contributed by atoms with Crippen LogP contribution in [0.1, 0.15) is 98.8 Å². The van der Waals surface area contributed by atoms with Crippen LogP contribution in [-0.2, 0) is 33.2 Å². The highest BCUT2D eigenvalue weighted by molar-refractivity contribution is 5.72. The molecule has 8 unspecified atom stereocenters. The number of nitrogens with zero attached hydrogens (tertiary/aromatic N) is 1. The third-order valence-corrected chi connectivity index (χ3v) is 15.9. The maximum atomic E-state index is 12.0. The fourth-order valence-electron chi connectivity index (χ4n) is 13.7.